The Hall–Kier alpha value is -1.12. The van der Waals surface area contributed by atoms with Crippen molar-refractivity contribution in [2.24, 2.45) is 5.92 Å². The maximum Gasteiger partial charge on any atom is 0.139 e. The van der Waals surface area contributed by atoms with Crippen molar-refractivity contribution in [2.45, 2.75) is 30.2 Å². The van der Waals surface area contributed by atoms with Crippen LogP contribution in [-0.2, 0) is 0 Å². The lowest BCUT2D eigenvalue weighted by molar-refractivity contribution is 0.416. The van der Waals surface area contributed by atoms with Crippen molar-refractivity contribution < 1.29 is 8.78 Å². The van der Waals surface area contributed by atoms with Crippen LogP contribution in [0.1, 0.15) is 19.8 Å². The van der Waals surface area contributed by atoms with Crippen molar-refractivity contribution >= 4 is 11.8 Å². The predicted octanol–water partition coefficient (Wildman–Crippen LogP) is 3.34. The first-order valence-electron chi connectivity index (χ1n) is 6.35. The Kier molecular flexibility index (Phi) is 4.43. The number of nitrogens with zero attached hydrogens (tertiary/aromatic N) is 1. The summed E-state index contributed by atoms with van der Waals surface area (Å²) in [6, 6.07) is 5.89. The Bertz CT molecular complexity index is 497. The molecule has 1 aromatic carbocycles. The monoisotopic (exact) mass is 282 g/mol. The standard InChI is InChI=1S/C14H16F2N2S/c1-2-18-14(8-17,10-3-4-10)9-19-13-6-5-11(15)7-12(13)16/h5-7,10,18H,2-4,9H2,1H3. The average molecular weight is 282 g/mol. The van der Waals surface area contributed by atoms with Crippen LogP contribution in [0.2, 0.25) is 0 Å². The third kappa shape index (κ3) is 3.26. The Morgan fingerprint density at radius 1 is 1.47 bits per heavy atom. The maximum absolute atomic E-state index is 13.6. The number of rotatable bonds is 6. The number of hydrogen-bond acceptors (Lipinski definition) is 3. The van der Waals surface area contributed by atoms with E-state index in [1.807, 2.05) is 6.92 Å². The van der Waals surface area contributed by atoms with E-state index >= 15 is 0 Å². The molecule has 2 nitrogen and oxygen atoms in total. The van der Waals surface area contributed by atoms with Crippen molar-refractivity contribution in [3.63, 3.8) is 0 Å². The van der Waals surface area contributed by atoms with Gasteiger partial charge in [0.1, 0.15) is 17.2 Å². The molecule has 0 saturated heterocycles. The molecule has 2 rings (SSSR count). The zero-order valence-corrected chi connectivity index (χ0v) is 11.6. The first-order chi connectivity index (χ1) is 9.11. The number of nitrogens with one attached hydrogen (secondary N) is 1. The molecule has 0 heterocycles. The fraction of sp³-hybridized carbons (Fsp3) is 0.500. The Morgan fingerprint density at radius 3 is 2.74 bits per heavy atom. The number of halogens is 2. The molecular weight excluding hydrogens is 266 g/mol. The van der Waals surface area contributed by atoms with Gasteiger partial charge in [0, 0.05) is 16.7 Å². The van der Waals surface area contributed by atoms with E-state index in [9.17, 15) is 14.0 Å². The largest absolute Gasteiger partial charge is 0.299 e. The summed E-state index contributed by atoms with van der Waals surface area (Å²) in [6.07, 6.45) is 2.07. The minimum atomic E-state index is -0.597. The highest BCUT2D eigenvalue weighted by Crippen LogP contribution is 2.42. The van der Waals surface area contributed by atoms with Crippen LogP contribution in [0, 0.1) is 28.9 Å². The van der Waals surface area contributed by atoms with Crippen molar-refractivity contribution in [1.29, 1.82) is 5.26 Å². The summed E-state index contributed by atoms with van der Waals surface area (Å²) in [7, 11) is 0. The smallest absolute Gasteiger partial charge is 0.139 e. The van der Waals surface area contributed by atoms with Crippen molar-refractivity contribution in [2.75, 3.05) is 12.3 Å². The van der Waals surface area contributed by atoms with Gasteiger partial charge in [0.15, 0.2) is 0 Å². The highest BCUT2D eigenvalue weighted by Gasteiger charge is 2.45. The molecule has 1 fully saturated rings. The van der Waals surface area contributed by atoms with Gasteiger partial charge in [-0.3, -0.25) is 5.32 Å². The Labute approximate surface area is 116 Å². The number of benzene rings is 1. The second-order valence-electron chi connectivity index (χ2n) is 4.75. The first-order valence-corrected chi connectivity index (χ1v) is 7.34. The molecule has 1 aliphatic carbocycles. The molecule has 0 aliphatic heterocycles. The van der Waals surface area contributed by atoms with Crippen LogP contribution in [-0.4, -0.2) is 17.8 Å². The molecule has 0 bridgehead atoms. The van der Waals surface area contributed by atoms with Gasteiger partial charge >= 0.3 is 0 Å². The van der Waals surface area contributed by atoms with Crippen molar-refractivity contribution in [3.05, 3.63) is 29.8 Å². The van der Waals surface area contributed by atoms with Gasteiger partial charge in [-0.15, -0.1) is 11.8 Å². The summed E-state index contributed by atoms with van der Waals surface area (Å²) in [5.74, 6) is -0.329. The van der Waals surface area contributed by atoms with Gasteiger partial charge < -0.3 is 0 Å². The molecule has 0 aromatic heterocycles. The van der Waals surface area contributed by atoms with E-state index in [2.05, 4.69) is 11.4 Å². The van der Waals surface area contributed by atoms with Gasteiger partial charge in [-0.1, -0.05) is 6.92 Å². The van der Waals surface area contributed by atoms with Crippen LogP contribution in [0.15, 0.2) is 23.1 Å². The van der Waals surface area contributed by atoms with Gasteiger partial charge in [-0.05, 0) is 37.4 Å². The Morgan fingerprint density at radius 2 is 2.21 bits per heavy atom. The zero-order chi connectivity index (χ0) is 13.9. The average Bonchev–Trinajstić information content (AvgIpc) is 3.21. The molecule has 1 saturated carbocycles. The number of thioether (sulfide) groups is 1. The molecule has 1 unspecified atom stereocenters. The summed E-state index contributed by atoms with van der Waals surface area (Å²) in [6.45, 7) is 2.66. The molecule has 1 aliphatic rings. The number of nitriles is 1. The minimum absolute atomic E-state index is 0.341. The maximum atomic E-state index is 13.6. The summed E-state index contributed by atoms with van der Waals surface area (Å²) in [4.78, 5) is 0.388. The third-order valence-corrected chi connectivity index (χ3v) is 4.56. The van der Waals surface area contributed by atoms with Crippen molar-refractivity contribution in [1.82, 2.24) is 5.32 Å². The van der Waals surface area contributed by atoms with E-state index in [1.165, 1.54) is 23.9 Å². The molecule has 1 atom stereocenters. The fourth-order valence-electron chi connectivity index (χ4n) is 2.15. The SMILES string of the molecule is CCNC(C#N)(CSc1ccc(F)cc1F)C1CC1. The molecule has 102 valence electrons. The summed E-state index contributed by atoms with van der Waals surface area (Å²) in [5.41, 5.74) is -0.597. The molecule has 1 N–H and O–H groups in total. The minimum Gasteiger partial charge on any atom is -0.299 e. The molecular formula is C14H16F2N2S. The molecule has 0 radical (unpaired) electrons. The van der Waals surface area contributed by atoms with Gasteiger partial charge in [0.2, 0.25) is 0 Å². The van der Waals surface area contributed by atoms with Crippen LogP contribution in [0.5, 0.6) is 0 Å². The highest BCUT2D eigenvalue weighted by molar-refractivity contribution is 7.99. The van der Waals surface area contributed by atoms with Gasteiger partial charge in [0.25, 0.3) is 0 Å². The second kappa shape index (κ2) is 5.89. The first kappa shape index (κ1) is 14.3. The molecule has 19 heavy (non-hydrogen) atoms. The Balaban J connectivity index is 2.08. The van der Waals surface area contributed by atoms with Crippen LogP contribution < -0.4 is 5.32 Å². The summed E-state index contributed by atoms with van der Waals surface area (Å²) < 4.78 is 26.4. The topological polar surface area (TPSA) is 35.8 Å². The van der Waals surface area contributed by atoms with Crippen LogP contribution in [0.4, 0.5) is 8.78 Å². The molecule has 5 heteroatoms. The quantitative estimate of drug-likeness (QED) is 0.813. The van der Waals surface area contributed by atoms with Crippen LogP contribution in [0.3, 0.4) is 0 Å². The molecule has 0 spiro atoms. The van der Waals surface area contributed by atoms with Crippen molar-refractivity contribution in [3.8, 4) is 6.07 Å². The van der Waals surface area contributed by atoms with Crippen LogP contribution >= 0.6 is 11.8 Å². The van der Waals surface area contributed by atoms with E-state index in [0.29, 0.717) is 23.1 Å². The molecule has 0 amide bonds. The van der Waals surface area contributed by atoms with Gasteiger partial charge in [0.05, 0.1) is 6.07 Å². The second-order valence-corrected chi connectivity index (χ2v) is 5.77. The lowest BCUT2D eigenvalue weighted by Crippen LogP contribution is -2.48. The summed E-state index contributed by atoms with van der Waals surface area (Å²) in [5, 5.41) is 12.7. The number of hydrogen-bond donors (Lipinski definition) is 1. The lowest BCUT2D eigenvalue weighted by Gasteiger charge is -2.27. The zero-order valence-electron chi connectivity index (χ0n) is 10.7. The fourth-order valence-corrected chi connectivity index (χ4v) is 3.30. The predicted molar refractivity (Wildman–Crippen MR) is 71.8 cm³/mol. The molecule has 1 aromatic rings. The van der Waals surface area contributed by atoms with Gasteiger partial charge in [-0.2, -0.15) is 5.26 Å². The lowest BCUT2D eigenvalue weighted by atomic mass is 9.98. The van der Waals surface area contributed by atoms with E-state index in [4.69, 9.17) is 0 Å². The third-order valence-electron chi connectivity index (χ3n) is 3.32. The van der Waals surface area contributed by atoms with Crippen LogP contribution in [0.25, 0.3) is 0 Å². The van der Waals surface area contributed by atoms with E-state index in [0.717, 1.165) is 18.9 Å². The van der Waals surface area contributed by atoms with Gasteiger partial charge in [-0.25, -0.2) is 8.78 Å². The van der Waals surface area contributed by atoms with E-state index < -0.39 is 17.2 Å². The van der Waals surface area contributed by atoms with E-state index in [1.54, 1.807) is 0 Å². The van der Waals surface area contributed by atoms with E-state index in [-0.39, 0.29) is 0 Å². The summed E-state index contributed by atoms with van der Waals surface area (Å²) >= 11 is 1.27. The normalized spacial score (nSPS) is 17.8. The highest BCUT2D eigenvalue weighted by atomic mass is 32.2.